The van der Waals surface area contributed by atoms with Gasteiger partial charge < -0.3 is 20.3 Å². The third kappa shape index (κ3) is 22.5. The van der Waals surface area contributed by atoms with Gasteiger partial charge in [0.1, 0.15) is 0 Å². The molecule has 0 atom stereocenters. The zero-order valence-corrected chi connectivity index (χ0v) is 12.0. The molecular weight excluding hydrogens is 250 g/mol. The molecule has 0 aromatic rings. The first-order chi connectivity index (χ1) is 9.06. The lowest BCUT2D eigenvalue weighted by atomic mass is 10.1. The van der Waals surface area contributed by atoms with Crippen LogP contribution < -0.4 is 5.32 Å². The molecule has 0 bridgehead atoms. The molecule has 0 aromatic heterocycles. The van der Waals surface area contributed by atoms with Crippen LogP contribution in [0, 0.1) is 0 Å². The fourth-order valence-corrected chi connectivity index (χ4v) is 1.26. The van der Waals surface area contributed by atoms with Gasteiger partial charge in [-0.15, -0.1) is 0 Å². The van der Waals surface area contributed by atoms with Gasteiger partial charge >= 0.3 is 11.9 Å². The van der Waals surface area contributed by atoms with Gasteiger partial charge in [-0.2, -0.15) is 0 Å². The molecule has 0 radical (unpaired) electrons. The Bertz CT molecular complexity index is 199. The van der Waals surface area contributed by atoms with Gasteiger partial charge in [-0.25, -0.2) is 9.59 Å². The molecule has 0 amide bonds. The Morgan fingerprint density at radius 3 is 1.95 bits per heavy atom. The van der Waals surface area contributed by atoms with E-state index < -0.39 is 11.9 Å². The number of carbonyl (C=O) groups is 2. The number of nitrogens with one attached hydrogen (secondary N) is 1. The summed E-state index contributed by atoms with van der Waals surface area (Å²) in [6.07, 6.45) is 8.06. The van der Waals surface area contributed by atoms with Gasteiger partial charge in [0.25, 0.3) is 0 Å². The highest BCUT2D eigenvalue weighted by atomic mass is 16.5. The average molecular weight is 277 g/mol. The summed E-state index contributed by atoms with van der Waals surface area (Å²) in [7, 11) is 1.95. The molecule has 0 heterocycles. The van der Waals surface area contributed by atoms with Crippen LogP contribution in [0.15, 0.2) is 0 Å². The van der Waals surface area contributed by atoms with Gasteiger partial charge in [0.05, 0.1) is 6.61 Å². The number of carboxylic acids is 2. The summed E-state index contributed by atoms with van der Waals surface area (Å²) in [6, 6.07) is 0. The maximum absolute atomic E-state index is 9.10. The Kier molecular flexibility index (Phi) is 17.9. The van der Waals surface area contributed by atoms with Gasteiger partial charge in [-0.05, 0) is 13.5 Å². The number of likely N-dealkylation sites (N-methyl/N-ethyl adjacent to an activating group) is 1. The molecule has 0 aliphatic heterocycles. The second-order valence-corrected chi connectivity index (χ2v) is 4.09. The molecule has 6 heteroatoms. The number of rotatable bonds is 10. The van der Waals surface area contributed by atoms with E-state index in [4.69, 9.17) is 24.5 Å². The quantitative estimate of drug-likeness (QED) is 0.416. The molecular formula is C13H27NO5. The summed E-state index contributed by atoms with van der Waals surface area (Å²) in [5.74, 6) is -3.65. The van der Waals surface area contributed by atoms with Crippen molar-refractivity contribution in [3.8, 4) is 0 Å². The van der Waals surface area contributed by atoms with Gasteiger partial charge in [-0.3, -0.25) is 0 Å². The average Bonchev–Trinajstić information content (AvgIpc) is 2.37. The lowest BCUT2D eigenvalue weighted by Crippen LogP contribution is -2.14. The van der Waals surface area contributed by atoms with Crippen molar-refractivity contribution in [2.45, 2.75) is 45.4 Å². The topological polar surface area (TPSA) is 95.9 Å². The van der Waals surface area contributed by atoms with Gasteiger partial charge in [-0.1, -0.05) is 39.0 Å². The predicted molar refractivity (Wildman–Crippen MR) is 73.4 cm³/mol. The largest absolute Gasteiger partial charge is 0.473 e. The first-order valence-electron chi connectivity index (χ1n) is 6.74. The van der Waals surface area contributed by atoms with Crippen LogP contribution in [-0.4, -0.2) is 49.0 Å². The number of hydrogen-bond donors (Lipinski definition) is 3. The summed E-state index contributed by atoms with van der Waals surface area (Å²) in [5, 5.41) is 17.8. The lowest BCUT2D eigenvalue weighted by molar-refractivity contribution is -0.159. The monoisotopic (exact) mass is 277 g/mol. The molecule has 0 unspecified atom stereocenters. The molecule has 0 aromatic carbocycles. The first-order valence-corrected chi connectivity index (χ1v) is 6.74. The SMILES string of the molecule is CCCCCCCCOCCNC.O=C(O)C(=O)O. The number of hydrogen-bond acceptors (Lipinski definition) is 4. The van der Waals surface area contributed by atoms with E-state index in [9.17, 15) is 0 Å². The molecule has 3 N–H and O–H groups in total. The van der Waals surface area contributed by atoms with Crippen LogP contribution >= 0.6 is 0 Å². The second kappa shape index (κ2) is 16.9. The van der Waals surface area contributed by atoms with Gasteiger partial charge in [0.2, 0.25) is 0 Å². The van der Waals surface area contributed by atoms with Crippen LogP contribution in [0.2, 0.25) is 0 Å². The summed E-state index contributed by atoms with van der Waals surface area (Å²) in [4.78, 5) is 18.2. The molecule has 0 saturated carbocycles. The Labute approximate surface area is 115 Å². The summed E-state index contributed by atoms with van der Waals surface area (Å²) >= 11 is 0. The highest BCUT2D eigenvalue weighted by Gasteiger charge is 2.04. The molecule has 6 nitrogen and oxygen atoms in total. The van der Waals surface area contributed by atoms with Crippen molar-refractivity contribution >= 4 is 11.9 Å². The second-order valence-electron chi connectivity index (χ2n) is 4.09. The van der Waals surface area contributed by atoms with E-state index in [0.29, 0.717) is 0 Å². The first kappa shape index (κ1) is 20.2. The fraction of sp³-hybridized carbons (Fsp3) is 0.846. The van der Waals surface area contributed by atoms with E-state index in [1.165, 1.54) is 38.5 Å². The number of ether oxygens (including phenoxy) is 1. The number of carboxylic acid groups (broad SMARTS) is 2. The Morgan fingerprint density at radius 2 is 1.47 bits per heavy atom. The highest BCUT2D eigenvalue weighted by molar-refractivity contribution is 6.27. The van der Waals surface area contributed by atoms with Crippen molar-refractivity contribution in [2.24, 2.45) is 0 Å². The summed E-state index contributed by atoms with van der Waals surface area (Å²) in [5.41, 5.74) is 0. The van der Waals surface area contributed by atoms with Crippen molar-refractivity contribution in [2.75, 3.05) is 26.8 Å². The zero-order chi connectivity index (χ0) is 14.9. The van der Waals surface area contributed by atoms with Gasteiger partial charge in [0.15, 0.2) is 0 Å². The fourth-order valence-electron chi connectivity index (χ4n) is 1.26. The van der Waals surface area contributed by atoms with E-state index in [1.807, 2.05) is 7.05 Å². The maximum Gasteiger partial charge on any atom is 0.414 e. The van der Waals surface area contributed by atoms with Crippen LogP contribution in [0.4, 0.5) is 0 Å². The zero-order valence-electron chi connectivity index (χ0n) is 12.0. The lowest BCUT2D eigenvalue weighted by Gasteiger charge is -2.03. The number of unbranched alkanes of at least 4 members (excludes halogenated alkanes) is 5. The minimum atomic E-state index is -1.82. The number of aliphatic carboxylic acids is 2. The van der Waals surface area contributed by atoms with E-state index in [0.717, 1.165) is 19.8 Å². The van der Waals surface area contributed by atoms with E-state index in [2.05, 4.69) is 12.2 Å². The van der Waals surface area contributed by atoms with E-state index >= 15 is 0 Å². The minimum Gasteiger partial charge on any atom is -0.473 e. The van der Waals surface area contributed by atoms with Crippen molar-refractivity contribution in [1.29, 1.82) is 0 Å². The van der Waals surface area contributed by atoms with Crippen molar-refractivity contribution < 1.29 is 24.5 Å². The van der Waals surface area contributed by atoms with Crippen LogP contribution in [0.5, 0.6) is 0 Å². The molecule has 0 saturated heterocycles. The molecule has 19 heavy (non-hydrogen) atoms. The van der Waals surface area contributed by atoms with E-state index in [1.54, 1.807) is 0 Å². The van der Waals surface area contributed by atoms with Crippen molar-refractivity contribution in [3.05, 3.63) is 0 Å². The Morgan fingerprint density at radius 1 is 0.947 bits per heavy atom. The normalized spacial score (nSPS) is 9.58. The van der Waals surface area contributed by atoms with Crippen molar-refractivity contribution in [1.82, 2.24) is 5.32 Å². The standard InChI is InChI=1S/C11H25NO.C2H2O4/c1-3-4-5-6-7-8-10-13-11-9-12-2;3-1(4)2(5)6/h12H,3-11H2,1-2H3;(H,3,4)(H,5,6). The summed E-state index contributed by atoms with van der Waals surface area (Å²) in [6.45, 7) is 5.01. The van der Waals surface area contributed by atoms with Crippen molar-refractivity contribution in [3.63, 3.8) is 0 Å². The van der Waals surface area contributed by atoms with Crippen LogP contribution in [0.1, 0.15) is 45.4 Å². The molecule has 0 spiro atoms. The highest BCUT2D eigenvalue weighted by Crippen LogP contribution is 2.04. The third-order valence-electron chi connectivity index (χ3n) is 2.32. The predicted octanol–water partition coefficient (Wildman–Crippen LogP) is 1.74. The van der Waals surface area contributed by atoms with Crippen LogP contribution in [-0.2, 0) is 14.3 Å². The summed E-state index contributed by atoms with van der Waals surface area (Å²) < 4.78 is 5.42. The minimum absolute atomic E-state index is 0.853. The van der Waals surface area contributed by atoms with Crippen LogP contribution in [0.3, 0.4) is 0 Å². The Hall–Kier alpha value is -1.14. The molecule has 114 valence electrons. The van der Waals surface area contributed by atoms with E-state index in [-0.39, 0.29) is 0 Å². The maximum atomic E-state index is 9.10. The molecule has 0 fully saturated rings. The molecule has 0 aliphatic carbocycles. The molecule has 0 aliphatic rings. The smallest absolute Gasteiger partial charge is 0.414 e. The Balaban J connectivity index is 0. The van der Waals surface area contributed by atoms with Crippen LogP contribution in [0.25, 0.3) is 0 Å². The third-order valence-corrected chi connectivity index (χ3v) is 2.32. The molecule has 0 rings (SSSR count). The van der Waals surface area contributed by atoms with Gasteiger partial charge in [0, 0.05) is 13.2 Å².